The monoisotopic (exact) mass is 418 g/mol. The van der Waals surface area contributed by atoms with E-state index < -0.39 is 5.54 Å². The molecule has 31 heavy (non-hydrogen) atoms. The van der Waals surface area contributed by atoms with Gasteiger partial charge in [-0.05, 0) is 55.4 Å². The third-order valence-corrected chi connectivity index (χ3v) is 7.20. The number of carbonyl (C=O) groups excluding carboxylic acids is 2. The number of nitrogens with zero attached hydrogens (tertiary/aromatic N) is 1. The average molecular weight is 419 g/mol. The highest BCUT2D eigenvalue weighted by molar-refractivity contribution is 5.95. The van der Waals surface area contributed by atoms with E-state index in [1.165, 1.54) is 5.56 Å². The maximum Gasteiger partial charge on any atom is 0.253 e. The van der Waals surface area contributed by atoms with Crippen molar-refractivity contribution in [1.82, 2.24) is 10.2 Å². The predicted octanol–water partition coefficient (Wildman–Crippen LogP) is 3.60. The first-order valence-electron chi connectivity index (χ1n) is 11.4. The highest BCUT2D eigenvalue weighted by atomic mass is 16.5. The lowest BCUT2D eigenvalue weighted by molar-refractivity contribution is -0.150. The second-order valence-corrected chi connectivity index (χ2v) is 9.39. The molecule has 3 aliphatic rings. The molecule has 0 saturated carbocycles. The number of ether oxygens (including phenoxy) is 1. The molecule has 5 heteroatoms. The molecule has 0 bridgehead atoms. The van der Waals surface area contributed by atoms with Crippen LogP contribution < -0.4 is 5.32 Å². The Kier molecular flexibility index (Phi) is 5.40. The standard InChI is InChI=1S/C26H30N2O3/c1-18-4-2-6-22(14-18)19-8-10-21(11-9-19)25(30)28-13-12-20-5-3-7-24(29)26(16-31-17-26)27-23(20)15-28/h2,4,6,8-11,14,20,23,27H,3,5,7,12-13,15-17H2,1H3. The van der Waals surface area contributed by atoms with Gasteiger partial charge in [-0.3, -0.25) is 14.9 Å². The fourth-order valence-electron chi connectivity index (χ4n) is 5.26. The number of nitrogens with one attached hydrogen (secondary N) is 1. The molecule has 3 saturated heterocycles. The van der Waals surface area contributed by atoms with Crippen LogP contribution in [0, 0.1) is 12.8 Å². The number of piperidine rings is 1. The summed E-state index contributed by atoms with van der Waals surface area (Å²) in [6.07, 6.45) is 3.61. The molecule has 2 aromatic carbocycles. The van der Waals surface area contributed by atoms with Gasteiger partial charge in [-0.2, -0.15) is 0 Å². The Bertz CT molecular complexity index is 980. The summed E-state index contributed by atoms with van der Waals surface area (Å²) in [4.78, 5) is 27.8. The van der Waals surface area contributed by atoms with Crippen LogP contribution in [-0.2, 0) is 9.53 Å². The van der Waals surface area contributed by atoms with Gasteiger partial charge in [0.25, 0.3) is 5.91 Å². The van der Waals surface area contributed by atoms with Gasteiger partial charge < -0.3 is 9.64 Å². The topological polar surface area (TPSA) is 58.6 Å². The van der Waals surface area contributed by atoms with Gasteiger partial charge in [-0.1, -0.05) is 42.0 Å². The van der Waals surface area contributed by atoms with Crippen molar-refractivity contribution in [2.45, 2.75) is 44.2 Å². The maximum absolute atomic E-state index is 13.2. The fraction of sp³-hybridized carbons (Fsp3) is 0.462. The Labute approximate surface area is 183 Å². The number of likely N-dealkylation sites (tertiary alicyclic amines) is 1. The zero-order chi connectivity index (χ0) is 21.4. The van der Waals surface area contributed by atoms with Gasteiger partial charge in [0.1, 0.15) is 5.54 Å². The van der Waals surface area contributed by atoms with Crippen LogP contribution >= 0.6 is 0 Å². The minimum absolute atomic E-state index is 0.0725. The number of carbonyl (C=O) groups is 2. The Balaban J connectivity index is 1.30. The summed E-state index contributed by atoms with van der Waals surface area (Å²) in [6.45, 7) is 4.44. The van der Waals surface area contributed by atoms with Crippen molar-refractivity contribution < 1.29 is 14.3 Å². The summed E-state index contributed by atoms with van der Waals surface area (Å²) in [5, 5.41) is 3.62. The number of amides is 1. The van der Waals surface area contributed by atoms with Gasteiger partial charge in [0.2, 0.25) is 0 Å². The molecule has 3 aliphatic heterocycles. The Morgan fingerprint density at radius 1 is 1.10 bits per heavy atom. The highest BCUT2D eigenvalue weighted by Crippen LogP contribution is 2.32. The van der Waals surface area contributed by atoms with Crippen LogP contribution in [0.2, 0.25) is 0 Å². The molecule has 1 amide bonds. The normalized spacial score (nSPS) is 25.3. The summed E-state index contributed by atoms with van der Waals surface area (Å²) in [7, 11) is 0. The smallest absolute Gasteiger partial charge is 0.253 e. The van der Waals surface area contributed by atoms with Gasteiger partial charge >= 0.3 is 0 Å². The molecule has 162 valence electrons. The second kappa shape index (κ2) is 8.21. The second-order valence-electron chi connectivity index (χ2n) is 9.39. The van der Waals surface area contributed by atoms with Crippen LogP contribution in [0.3, 0.4) is 0 Å². The van der Waals surface area contributed by atoms with E-state index in [0.717, 1.165) is 42.5 Å². The number of ketones is 1. The van der Waals surface area contributed by atoms with Crippen molar-refractivity contribution in [2.75, 3.05) is 26.3 Å². The largest absolute Gasteiger partial charge is 0.376 e. The number of rotatable bonds is 2. The molecule has 3 heterocycles. The average Bonchev–Trinajstić information content (AvgIpc) is 2.75. The van der Waals surface area contributed by atoms with Gasteiger partial charge in [0.15, 0.2) is 5.78 Å². The van der Waals surface area contributed by atoms with Gasteiger partial charge in [-0.25, -0.2) is 0 Å². The first kappa shape index (κ1) is 20.4. The number of benzene rings is 2. The number of aryl methyl sites for hydroxylation is 1. The first-order valence-corrected chi connectivity index (χ1v) is 11.4. The molecular weight excluding hydrogens is 388 g/mol. The van der Waals surface area contributed by atoms with E-state index in [9.17, 15) is 9.59 Å². The van der Waals surface area contributed by atoms with Crippen molar-refractivity contribution in [2.24, 2.45) is 5.92 Å². The lowest BCUT2D eigenvalue weighted by atomic mass is 9.78. The quantitative estimate of drug-likeness (QED) is 0.810. The maximum atomic E-state index is 13.2. The van der Waals surface area contributed by atoms with Gasteiger partial charge in [-0.15, -0.1) is 0 Å². The van der Waals surface area contributed by atoms with Crippen LogP contribution in [0.25, 0.3) is 11.1 Å². The van der Waals surface area contributed by atoms with E-state index in [-0.39, 0.29) is 17.7 Å². The van der Waals surface area contributed by atoms with E-state index in [2.05, 4.69) is 36.5 Å². The van der Waals surface area contributed by atoms with E-state index in [4.69, 9.17) is 4.74 Å². The van der Waals surface area contributed by atoms with Crippen molar-refractivity contribution in [3.63, 3.8) is 0 Å². The Morgan fingerprint density at radius 3 is 2.61 bits per heavy atom. The van der Waals surface area contributed by atoms with Crippen LogP contribution in [0.5, 0.6) is 0 Å². The third-order valence-electron chi connectivity index (χ3n) is 7.20. The Morgan fingerprint density at radius 2 is 1.90 bits per heavy atom. The van der Waals surface area contributed by atoms with Crippen LogP contribution in [0.15, 0.2) is 48.5 Å². The summed E-state index contributed by atoms with van der Waals surface area (Å²) in [6, 6.07) is 16.5. The van der Waals surface area contributed by atoms with E-state index in [0.29, 0.717) is 32.1 Å². The van der Waals surface area contributed by atoms with E-state index >= 15 is 0 Å². The highest BCUT2D eigenvalue weighted by Gasteiger charge is 2.49. The minimum Gasteiger partial charge on any atom is -0.376 e. The lowest BCUT2D eigenvalue weighted by Gasteiger charge is -2.49. The van der Waals surface area contributed by atoms with Crippen molar-refractivity contribution in [3.05, 3.63) is 59.7 Å². The molecular formula is C26H30N2O3. The number of hydrogen-bond acceptors (Lipinski definition) is 4. The zero-order valence-corrected chi connectivity index (χ0v) is 18.1. The molecule has 1 spiro atoms. The molecule has 1 N–H and O–H groups in total. The predicted molar refractivity (Wildman–Crippen MR) is 120 cm³/mol. The SMILES string of the molecule is Cc1cccc(-c2ccc(C(=O)N3CCC4CCCC(=O)C5(COC5)NC4C3)cc2)c1. The molecule has 3 fully saturated rings. The third kappa shape index (κ3) is 3.92. The molecule has 5 rings (SSSR count). The molecule has 0 aliphatic carbocycles. The summed E-state index contributed by atoms with van der Waals surface area (Å²) < 4.78 is 5.40. The fourth-order valence-corrected chi connectivity index (χ4v) is 5.26. The Hall–Kier alpha value is -2.50. The van der Waals surface area contributed by atoms with Crippen LogP contribution in [0.1, 0.15) is 41.6 Å². The van der Waals surface area contributed by atoms with E-state index in [1.54, 1.807) is 0 Å². The molecule has 2 aromatic rings. The van der Waals surface area contributed by atoms with Crippen LogP contribution in [-0.4, -0.2) is 54.5 Å². The number of hydrogen-bond donors (Lipinski definition) is 1. The van der Waals surface area contributed by atoms with Gasteiger partial charge in [0.05, 0.1) is 13.2 Å². The van der Waals surface area contributed by atoms with Crippen LogP contribution in [0.4, 0.5) is 0 Å². The molecule has 2 unspecified atom stereocenters. The zero-order valence-electron chi connectivity index (χ0n) is 18.1. The van der Waals surface area contributed by atoms with Crippen molar-refractivity contribution >= 4 is 11.7 Å². The summed E-state index contributed by atoms with van der Waals surface area (Å²) >= 11 is 0. The lowest BCUT2D eigenvalue weighted by Crippen LogP contribution is -2.71. The van der Waals surface area contributed by atoms with Crippen molar-refractivity contribution in [1.29, 1.82) is 0 Å². The first-order chi connectivity index (χ1) is 15.0. The minimum atomic E-state index is -0.523. The molecule has 0 radical (unpaired) electrons. The van der Waals surface area contributed by atoms with Gasteiger partial charge in [0, 0.05) is 31.1 Å². The summed E-state index contributed by atoms with van der Waals surface area (Å²) in [5.41, 5.74) is 3.70. The number of fused-ring (bicyclic) bond motifs is 1. The molecule has 0 aromatic heterocycles. The van der Waals surface area contributed by atoms with Crippen molar-refractivity contribution in [3.8, 4) is 11.1 Å². The van der Waals surface area contributed by atoms with E-state index in [1.807, 2.05) is 29.2 Å². The number of Topliss-reactive ketones (excluding diaryl/α,β-unsaturated/α-hetero) is 1. The molecule has 5 nitrogen and oxygen atoms in total. The summed E-state index contributed by atoms with van der Waals surface area (Å²) in [5.74, 6) is 0.856. The molecule has 2 atom stereocenters.